The molecule has 0 aliphatic heterocycles. The van der Waals surface area contributed by atoms with E-state index in [1.54, 1.807) is 25.1 Å². The van der Waals surface area contributed by atoms with E-state index < -0.39 is 5.97 Å². The normalized spacial score (nSPS) is 10.2. The van der Waals surface area contributed by atoms with Gasteiger partial charge in [0, 0.05) is 12.5 Å². The zero-order chi connectivity index (χ0) is 15.8. The Morgan fingerprint density at radius 2 is 2.14 bits per heavy atom. The van der Waals surface area contributed by atoms with Crippen molar-refractivity contribution in [3.63, 3.8) is 0 Å². The predicted molar refractivity (Wildman–Crippen MR) is 84.3 cm³/mol. The minimum Gasteiger partial charge on any atom is -0.495 e. The minimum absolute atomic E-state index is 0.152. The van der Waals surface area contributed by atoms with Gasteiger partial charge in [-0.3, -0.25) is 4.79 Å². The number of anilines is 1. The number of methoxy groups -OCH3 is 1. The maximum absolute atomic E-state index is 11.3. The summed E-state index contributed by atoms with van der Waals surface area (Å²) in [6.07, 6.45) is 2.80. The summed E-state index contributed by atoms with van der Waals surface area (Å²) in [6.45, 7) is 1.72. The molecule has 21 heavy (non-hydrogen) atoms. The molecule has 112 valence electrons. The van der Waals surface area contributed by atoms with Crippen LogP contribution < -0.4 is 15.4 Å². The summed E-state index contributed by atoms with van der Waals surface area (Å²) in [6, 6.07) is 5.05. The van der Waals surface area contributed by atoms with Crippen molar-refractivity contribution in [3.05, 3.63) is 29.8 Å². The van der Waals surface area contributed by atoms with Crippen LogP contribution in [0.5, 0.6) is 5.75 Å². The summed E-state index contributed by atoms with van der Waals surface area (Å²) in [5.74, 6) is -0.713. The molecule has 0 radical (unpaired) electrons. The van der Waals surface area contributed by atoms with E-state index in [-0.39, 0.29) is 11.0 Å². The average molecular weight is 308 g/mol. The van der Waals surface area contributed by atoms with E-state index in [1.807, 2.05) is 0 Å². The molecule has 0 atom stereocenters. The molecule has 0 fully saturated rings. The first-order valence-corrected chi connectivity index (χ1v) is 6.57. The van der Waals surface area contributed by atoms with Gasteiger partial charge in [0.25, 0.3) is 0 Å². The smallest absolute Gasteiger partial charge is 0.328 e. The average Bonchev–Trinajstić information content (AvgIpc) is 2.45. The van der Waals surface area contributed by atoms with Gasteiger partial charge >= 0.3 is 5.97 Å². The number of hydrogen-bond acceptors (Lipinski definition) is 4. The first-order chi connectivity index (χ1) is 9.96. The summed E-state index contributed by atoms with van der Waals surface area (Å²) in [4.78, 5) is 21.8. The first-order valence-electron chi connectivity index (χ1n) is 6.16. The van der Waals surface area contributed by atoms with Gasteiger partial charge in [0.15, 0.2) is 5.11 Å². The number of ether oxygens (including phenoxy) is 1. The Labute approximate surface area is 127 Å². The lowest BCUT2D eigenvalue weighted by Crippen LogP contribution is -2.33. The molecule has 0 aliphatic carbocycles. The fraction of sp³-hybridized carbons (Fsp3) is 0.214. The van der Waals surface area contributed by atoms with Crippen molar-refractivity contribution in [1.82, 2.24) is 5.32 Å². The van der Waals surface area contributed by atoms with E-state index in [2.05, 4.69) is 10.6 Å². The van der Waals surface area contributed by atoms with Gasteiger partial charge < -0.3 is 20.5 Å². The lowest BCUT2D eigenvalue weighted by Gasteiger charge is -2.13. The fourth-order valence-electron chi connectivity index (χ4n) is 1.46. The monoisotopic (exact) mass is 308 g/mol. The van der Waals surface area contributed by atoms with E-state index in [0.29, 0.717) is 23.4 Å². The lowest BCUT2D eigenvalue weighted by molar-refractivity contribution is -0.131. The van der Waals surface area contributed by atoms with Gasteiger partial charge in [-0.25, -0.2) is 4.79 Å². The number of carbonyl (C=O) groups excluding carboxylic acids is 1. The molecule has 1 aromatic carbocycles. The third-order valence-corrected chi connectivity index (χ3v) is 2.67. The fourth-order valence-corrected chi connectivity index (χ4v) is 1.69. The Morgan fingerprint density at radius 1 is 1.43 bits per heavy atom. The van der Waals surface area contributed by atoms with E-state index in [1.165, 1.54) is 13.2 Å². The van der Waals surface area contributed by atoms with Gasteiger partial charge in [-0.2, -0.15) is 0 Å². The van der Waals surface area contributed by atoms with Crippen molar-refractivity contribution in [2.24, 2.45) is 0 Å². The zero-order valence-corrected chi connectivity index (χ0v) is 12.5. The van der Waals surface area contributed by atoms with E-state index in [4.69, 9.17) is 22.1 Å². The second-order valence-electron chi connectivity index (χ2n) is 3.99. The topological polar surface area (TPSA) is 87.7 Å². The third kappa shape index (κ3) is 5.62. The third-order valence-electron chi connectivity index (χ3n) is 2.46. The molecule has 0 saturated carbocycles. The quantitative estimate of drug-likeness (QED) is 0.570. The lowest BCUT2D eigenvalue weighted by atomic mass is 10.1. The highest BCUT2D eigenvalue weighted by Gasteiger charge is 2.07. The van der Waals surface area contributed by atoms with Gasteiger partial charge in [0.1, 0.15) is 5.75 Å². The molecule has 1 rings (SSSR count). The molecule has 1 aromatic rings. The van der Waals surface area contributed by atoms with Crippen molar-refractivity contribution in [2.45, 2.75) is 13.3 Å². The van der Waals surface area contributed by atoms with Crippen molar-refractivity contribution in [1.29, 1.82) is 0 Å². The van der Waals surface area contributed by atoms with Crippen LogP contribution in [-0.4, -0.2) is 29.2 Å². The van der Waals surface area contributed by atoms with E-state index >= 15 is 0 Å². The minimum atomic E-state index is -1.04. The van der Waals surface area contributed by atoms with Crippen molar-refractivity contribution in [3.8, 4) is 5.75 Å². The molecule has 6 nitrogen and oxygen atoms in total. The molecule has 1 amide bonds. The molecule has 0 unspecified atom stereocenters. The molecule has 0 spiro atoms. The number of rotatable bonds is 5. The maximum Gasteiger partial charge on any atom is 0.328 e. The summed E-state index contributed by atoms with van der Waals surface area (Å²) in [5.41, 5.74) is 1.19. The molecular formula is C14H16N2O4S. The number of carboxylic acid groups (broad SMARTS) is 1. The number of carbonyl (C=O) groups is 2. The molecule has 0 saturated heterocycles. The van der Waals surface area contributed by atoms with Crippen LogP contribution >= 0.6 is 12.2 Å². The van der Waals surface area contributed by atoms with Crippen LogP contribution in [0.3, 0.4) is 0 Å². The highest BCUT2D eigenvalue weighted by atomic mass is 32.1. The van der Waals surface area contributed by atoms with Crippen LogP contribution in [0.1, 0.15) is 18.9 Å². The second-order valence-corrected chi connectivity index (χ2v) is 4.40. The van der Waals surface area contributed by atoms with Crippen molar-refractivity contribution >= 4 is 41.0 Å². The highest BCUT2D eigenvalue weighted by molar-refractivity contribution is 7.80. The Hall–Kier alpha value is -2.41. The number of benzene rings is 1. The van der Waals surface area contributed by atoms with Gasteiger partial charge in [0.2, 0.25) is 5.91 Å². The first kappa shape index (κ1) is 16.6. The van der Waals surface area contributed by atoms with Crippen LogP contribution in [-0.2, 0) is 9.59 Å². The van der Waals surface area contributed by atoms with E-state index in [9.17, 15) is 9.59 Å². The number of amides is 1. The number of aliphatic carboxylic acids is 1. The number of thiocarbonyl (C=S) groups is 1. The van der Waals surface area contributed by atoms with Crippen LogP contribution in [0.25, 0.3) is 6.08 Å². The summed E-state index contributed by atoms with van der Waals surface area (Å²) in [5, 5.41) is 14.1. The molecule has 0 aliphatic rings. The zero-order valence-electron chi connectivity index (χ0n) is 11.7. The van der Waals surface area contributed by atoms with Gasteiger partial charge in [-0.15, -0.1) is 0 Å². The Kier molecular flexibility index (Phi) is 6.35. The van der Waals surface area contributed by atoms with Gasteiger partial charge in [0.05, 0.1) is 12.8 Å². The summed E-state index contributed by atoms with van der Waals surface area (Å²) >= 11 is 5.02. The molecule has 0 heterocycles. The Balaban J connectivity index is 2.92. The predicted octanol–water partition coefficient (Wildman–Crippen LogP) is 2.02. The van der Waals surface area contributed by atoms with Gasteiger partial charge in [-0.05, 0) is 36.0 Å². The molecule has 0 bridgehead atoms. The van der Waals surface area contributed by atoms with Crippen LogP contribution in [0, 0.1) is 0 Å². The maximum atomic E-state index is 11.3. The van der Waals surface area contributed by atoms with E-state index in [0.717, 1.165) is 6.08 Å². The molecule has 7 heteroatoms. The molecule has 0 aromatic heterocycles. The van der Waals surface area contributed by atoms with Crippen LogP contribution in [0.2, 0.25) is 0 Å². The van der Waals surface area contributed by atoms with Crippen molar-refractivity contribution < 1.29 is 19.4 Å². The standard InChI is InChI=1S/C14H16N2O4S/c1-3-12(17)16-14(21)15-10-8-9(5-7-13(18)19)4-6-11(10)20-2/h4-8H,3H2,1-2H3,(H,18,19)(H2,15,16,17,21). The summed E-state index contributed by atoms with van der Waals surface area (Å²) < 4.78 is 5.18. The Morgan fingerprint density at radius 3 is 2.71 bits per heavy atom. The summed E-state index contributed by atoms with van der Waals surface area (Å²) in [7, 11) is 1.50. The van der Waals surface area contributed by atoms with Gasteiger partial charge in [-0.1, -0.05) is 13.0 Å². The number of nitrogens with one attached hydrogen (secondary N) is 2. The Bertz CT molecular complexity index is 584. The largest absolute Gasteiger partial charge is 0.495 e. The number of carboxylic acids is 1. The van der Waals surface area contributed by atoms with Crippen LogP contribution in [0.15, 0.2) is 24.3 Å². The molecular weight excluding hydrogens is 292 g/mol. The molecule has 3 N–H and O–H groups in total. The number of hydrogen-bond donors (Lipinski definition) is 3. The highest BCUT2D eigenvalue weighted by Crippen LogP contribution is 2.26. The SMILES string of the molecule is CCC(=O)NC(=S)Nc1cc(C=CC(=O)O)ccc1OC. The van der Waals surface area contributed by atoms with Crippen molar-refractivity contribution in [2.75, 3.05) is 12.4 Å². The van der Waals surface area contributed by atoms with Crippen LogP contribution in [0.4, 0.5) is 5.69 Å². The second kappa shape index (κ2) is 8.01.